The SMILES string of the molecule is CN1C2CCCCC2N(C)C(c2ccccc2P(c2ccccc2)c2ccccc2)C1c1ccccc1P(c1ccccc1)c1ccccc1. The lowest BCUT2D eigenvalue weighted by Crippen LogP contribution is -2.61. The van der Waals surface area contributed by atoms with Crippen molar-refractivity contribution in [1.29, 1.82) is 0 Å². The first-order valence-electron chi connectivity index (χ1n) is 18.1. The lowest BCUT2D eigenvalue weighted by Gasteiger charge is -2.56. The fourth-order valence-electron chi connectivity index (χ4n) is 8.72. The first-order valence-corrected chi connectivity index (χ1v) is 20.8. The Morgan fingerprint density at radius 1 is 0.380 bits per heavy atom. The van der Waals surface area contributed by atoms with Crippen LogP contribution in [0.25, 0.3) is 0 Å². The summed E-state index contributed by atoms with van der Waals surface area (Å²) >= 11 is 0. The quantitative estimate of drug-likeness (QED) is 0.149. The first-order chi connectivity index (χ1) is 24.7. The molecule has 6 aromatic carbocycles. The number of hydrogen-bond donors (Lipinski definition) is 0. The second-order valence-electron chi connectivity index (χ2n) is 13.8. The van der Waals surface area contributed by atoms with Gasteiger partial charge in [0.05, 0.1) is 12.1 Å². The van der Waals surface area contributed by atoms with Crippen molar-refractivity contribution in [2.45, 2.75) is 49.9 Å². The van der Waals surface area contributed by atoms with Crippen molar-refractivity contribution in [3.63, 3.8) is 0 Å². The molecule has 1 heterocycles. The van der Waals surface area contributed by atoms with Crippen LogP contribution in [0.2, 0.25) is 0 Å². The van der Waals surface area contributed by atoms with E-state index in [1.54, 1.807) is 0 Å². The molecule has 0 N–H and O–H groups in total. The summed E-state index contributed by atoms with van der Waals surface area (Å²) in [6.45, 7) is 0. The van der Waals surface area contributed by atoms with Crippen molar-refractivity contribution in [3.05, 3.63) is 181 Å². The molecule has 2 nitrogen and oxygen atoms in total. The number of rotatable bonds is 8. The van der Waals surface area contributed by atoms with Crippen LogP contribution in [-0.2, 0) is 0 Å². The summed E-state index contributed by atoms with van der Waals surface area (Å²) in [6, 6.07) is 65.3. The number of hydrogen-bond acceptors (Lipinski definition) is 2. The van der Waals surface area contributed by atoms with E-state index in [-0.39, 0.29) is 12.1 Å². The van der Waals surface area contributed by atoms with Crippen LogP contribution in [0.5, 0.6) is 0 Å². The van der Waals surface area contributed by atoms with Crippen LogP contribution in [0.15, 0.2) is 170 Å². The molecule has 4 heteroatoms. The summed E-state index contributed by atoms with van der Waals surface area (Å²) < 4.78 is 0. The van der Waals surface area contributed by atoms with Gasteiger partial charge in [0.1, 0.15) is 0 Å². The Bertz CT molecular complexity index is 1760. The van der Waals surface area contributed by atoms with Gasteiger partial charge in [-0.2, -0.15) is 0 Å². The molecule has 0 bridgehead atoms. The van der Waals surface area contributed by atoms with Crippen LogP contribution in [0.4, 0.5) is 0 Å². The second kappa shape index (κ2) is 15.1. The Hall–Kier alpha value is -3.90. The van der Waals surface area contributed by atoms with E-state index in [0.29, 0.717) is 12.1 Å². The summed E-state index contributed by atoms with van der Waals surface area (Å²) in [4.78, 5) is 5.61. The van der Waals surface area contributed by atoms with Gasteiger partial charge in [-0.1, -0.05) is 183 Å². The smallest absolute Gasteiger partial charge is 0.0552 e. The highest BCUT2D eigenvalue weighted by molar-refractivity contribution is 7.80. The van der Waals surface area contributed by atoms with Gasteiger partial charge in [-0.3, -0.25) is 9.80 Å². The molecule has 1 aliphatic carbocycles. The maximum absolute atomic E-state index is 2.81. The van der Waals surface area contributed by atoms with E-state index < -0.39 is 15.8 Å². The molecule has 1 aliphatic heterocycles. The third-order valence-corrected chi connectivity index (χ3v) is 16.0. The standard InChI is InChI=1S/C46H46N2P2/c1-47-41-31-17-18-32-42(41)48(2)46(40-30-16-20-34-44(40)50(37-25-11-5-12-26-37)38-27-13-6-14-28-38)45(47)39-29-15-19-33-43(39)49(35-21-7-3-8-22-35)36-23-9-4-10-24-36/h3-16,19-30,33-34,41-42,45-46H,17-18,31-32H2,1-2H3. The Kier molecular flexibility index (Phi) is 10.1. The van der Waals surface area contributed by atoms with Crippen molar-refractivity contribution >= 4 is 47.7 Å². The van der Waals surface area contributed by atoms with E-state index in [4.69, 9.17) is 0 Å². The van der Waals surface area contributed by atoms with Gasteiger partial charge in [-0.15, -0.1) is 0 Å². The van der Waals surface area contributed by atoms with E-state index >= 15 is 0 Å². The Morgan fingerprint density at radius 2 is 0.660 bits per heavy atom. The van der Waals surface area contributed by atoms with Crippen molar-refractivity contribution in [2.75, 3.05) is 14.1 Å². The molecule has 0 aromatic heterocycles. The molecule has 2 aliphatic rings. The topological polar surface area (TPSA) is 6.48 Å². The summed E-state index contributed by atoms with van der Waals surface area (Å²) in [5.41, 5.74) is 2.93. The number of piperazine rings is 1. The van der Waals surface area contributed by atoms with Gasteiger partial charge in [0.25, 0.3) is 0 Å². The van der Waals surface area contributed by atoms with Gasteiger partial charge >= 0.3 is 0 Å². The van der Waals surface area contributed by atoms with Crippen molar-refractivity contribution in [2.24, 2.45) is 0 Å². The Balaban J connectivity index is 1.35. The average Bonchev–Trinajstić information content (AvgIpc) is 3.19. The highest BCUT2D eigenvalue weighted by Crippen LogP contribution is 2.50. The van der Waals surface area contributed by atoms with Crippen LogP contribution in [0.1, 0.15) is 48.9 Å². The molecule has 2 fully saturated rings. The molecule has 1 saturated carbocycles. The third-order valence-electron chi connectivity index (χ3n) is 11.0. The second-order valence-corrected chi connectivity index (χ2v) is 18.1. The third kappa shape index (κ3) is 6.40. The molecular formula is C46H46N2P2. The van der Waals surface area contributed by atoms with Gasteiger partial charge in [-0.05, 0) is 85.7 Å². The lowest BCUT2D eigenvalue weighted by atomic mass is 9.79. The maximum atomic E-state index is 2.81. The van der Waals surface area contributed by atoms with E-state index in [9.17, 15) is 0 Å². The van der Waals surface area contributed by atoms with Gasteiger partial charge in [0.2, 0.25) is 0 Å². The van der Waals surface area contributed by atoms with E-state index in [1.807, 2.05) is 0 Å². The van der Waals surface area contributed by atoms with E-state index in [2.05, 4.69) is 194 Å². The van der Waals surface area contributed by atoms with Gasteiger partial charge in [-0.25, -0.2) is 0 Å². The zero-order valence-corrected chi connectivity index (χ0v) is 30.9. The Morgan fingerprint density at radius 3 is 0.980 bits per heavy atom. The molecule has 4 atom stereocenters. The fraction of sp³-hybridized carbons (Fsp3) is 0.217. The van der Waals surface area contributed by atoms with Crippen LogP contribution >= 0.6 is 15.8 Å². The Labute approximate surface area is 301 Å². The predicted octanol–water partition coefficient (Wildman–Crippen LogP) is 8.17. The monoisotopic (exact) mass is 688 g/mol. The van der Waals surface area contributed by atoms with Crippen molar-refractivity contribution in [1.82, 2.24) is 9.80 Å². The molecule has 1 saturated heterocycles. The number of likely N-dealkylation sites (N-methyl/N-ethyl adjacent to an activating group) is 2. The normalized spacial score (nSPS) is 21.3. The molecular weight excluding hydrogens is 642 g/mol. The maximum Gasteiger partial charge on any atom is 0.0552 e. The van der Waals surface area contributed by atoms with Crippen LogP contribution < -0.4 is 31.8 Å². The number of benzene rings is 6. The summed E-state index contributed by atoms with van der Waals surface area (Å²) in [7, 11) is 3.35. The molecule has 4 unspecified atom stereocenters. The molecule has 250 valence electrons. The van der Waals surface area contributed by atoms with Crippen molar-refractivity contribution in [3.8, 4) is 0 Å². The van der Waals surface area contributed by atoms with Crippen molar-refractivity contribution < 1.29 is 0 Å². The summed E-state index contributed by atoms with van der Waals surface area (Å²) in [5.74, 6) is 0. The minimum atomic E-state index is -0.766. The highest BCUT2D eigenvalue weighted by Gasteiger charge is 2.48. The number of nitrogens with zero attached hydrogens (tertiary/aromatic N) is 2. The van der Waals surface area contributed by atoms with Crippen LogP contribution in [0.3, 0.4) is 0 Å². The van der Waals surface area contributed by atoms with Gasteiger partial charge in [0, 0.05) is 12.1 Å². The van der Waals surface area contributed by atoms with E-state index in [1.165, 1.54) is 68.6 Å². The minimum Gasteiger partial charge on any atom is -0.293 e. The van der Waals surface area contributed by atoms with Crippen LogP contribution in [-0.4, -0.2) is 36.0 Å². The fourth-order valence-corrected chi connectivity index (χ4v) is 13.7. The largest absolute Gasteiger partial charge is 0.293 e. The number of fused-ring (bicyclic) bond motifs is 1. The lowest BCUT2D eigenvalue weighted by molar-refractivity contribution is -0.0572. The summed E-state index contributed by atoms with van der Waals surface area (Å²) in [6.07, 6.45) is 5.13. The highest BCUT2D eigenvalue weighted by atomic mass is 31.1. The molecule has 0 spiro atoms. The van der Waals surface area contributed by atoms with Gasteiger partial charge < -0.3 is 0 Å². The minimum absolute atomic E-state index is 0.192. The van der Waals surface area contributed by atoms with Gasteiger partial charge in [0.15, 0.2) is 0 Å². The zero-order valence-electron chi connectivity index (χ0n) is 29.1. The molecule has 8 rings (SSSR count). The first kappa shape index (κ1) is 33.3. The molecule has 0 radical (unpaired) electrons. The average molecular weight is 689 g/mol. The molecule has 50 heavy (non-hydrogen) atoms. The van der Waals surface area contributed by atoms with Crippen LogP contribution in [0, 0.1) is 0 Å². The summed E-state index contributed by atoms with van der Waals surface area (Å²) in [5, 5.41) is 8.54. The zero-order chi connectivity index (χ0) is 33.9. The predicted molar refractivity (Wildman–Crippen MR) is 217 cm³/mol. The molecule has 0 amide bonds. The molecule has 6 aromatic rings. The van der Waals surface area contributed by atoms with E-state index in [0.717, 1.165) is 0 Å².